The van der Waals surface area contributed by atoms with Gasteiger partial charge in [0.2, 0.25) is 15.9 Å². The number of sulfonamides is 1. The van der Waals surface area contributed by atoms with Gasteiger partial charge in [0.1, 0.15) is 4.90 Å². The van der Waals surface area contributed by atoms with Crippen molar-refractivity contribution in [1.82, 2.24) is 9.29 Å². The van der Waals surface area contributed by atoms with Crippen LogP contribution in [0.3, 0.4) is 0 Å². The van der Waals surface area contributed by atoms with Gasteiger partial charge >= 0.3 is 0 Å². The van der Waals surface area contributed by atoms with E-state index in [1.165, 1.54) is 38.1 Å². The lowest BCUT2D eigenvalue weighted by Crippen LogP contribution is -2.39. The molecule has 0 aliphatic carbocycles. The summed E-state index contributed by atoms with van der Waals surface area (Å²) >= 11 is 3.06. The highest BCUT2D eigenvalue weighted by atomic mass is 32.2. The molecule has 0 radical (unpaired) electrons. The van der Waals surface area contributed by atoms with Gasteiger partial charge in [0.15, 0.2) is 0 Å². The molecule has 32 heavy (non-hydrogen) atoms. The van der Waals surface area contributed by atoms with Gasteiger partial charge in [-0.3, -0.25) is 4.79 Å². The van der Waals surface area contributed by atoms with Gasteiger partial charge in [-0.2, -0.15) is 0 Å². The minimum absolute atomic E-state index is 0.0107. The van der Waals surface area contributed by atoms with Gasteiger partial charge in [-0.1, -0.05) is 54.2 Å². The number of carbonyl (C=O) groups is 1. The molecule has 3 aromatic rings. The summed E-state index contributed by atoms with van der Waals surface area (Å²) in [5.74, 6) is 0.977. The Morgan fingerprint density at radius 1 is 1.09 bits per heavy atom. The Balaban J connectivity index is 1.54. The van der Waals surface area contributed by atoms with Crippen LogP contribution in [0.2, 0.25) is 0 Å². The number of anilines is 1. The van der Waals surface area contributed by atoms with E-state index in [2.05, 4.69) is 17.1 Å². The largest absolute Gasteiger partial charge is 0.302 e. The summed E-state index contributed by atoms with van der Waals surface area (Å²) in [5.41, 5.74) is 2.02. The lowest BCUT2D eigenvalue weighted by atomic mass is 10.1. The first-order chi connectivity index (χ1) is 15.4. The quantitative estimate of drug-likeness (QED) is 0.485. The highest BCUT2D eigenvalue weighted by Crippen LogP contribution is 2.43. The molecule has 9 heteroatoms. The van der Waals surface area contributed by atoms with E-state index in [1.54, 1.807) is 17.8 Å². The van der Waals surface area contributed by atoms with E-state index in [4.69, 9.17) is 0 Å². The van der Waals surface area contributed by atoms with E-state index in [1.807, 2.05) is 47.4 Å². The lowest BCUT2D eigenvalue weighted by molar-refractivity contribution is -0.116. The van der Waals surface area contributed by atoms with Crippen LogP contribution in [0.1, 0.15) is 11.6 Å². The van der Waals surface area contributed by atoms with Crippen LogP contribution in [0, 0.1) is 0 Å². The van der Waals surface area contributed by atoms with Crippen molar-refractivity contribution >= 4 is 45.1 Å². The van der Waals surface area contributed by atoms with Crippen molar-refractivity contribution in [3.05, 3.63) is 78.5 Å². The average molecular weight is 486 g/mol. The van der Waals surface area contributed by atoms with E-state index < -0.39 is 10.0 Å². The third kappa shape index (κ3) is 4.71. The summed E-state index contributed by atoms with van der Waals surface area (Å²) in [6, 6.07) is 21.1. The van der Waals surface area contributed by atoms with Gasteiger partial charge in [0, 0.05) is 30.9 Å². The third-order valence-electron chi connectivity index (χ3n) is 5.12. The molecule has 2 heterocycles. The van der Waals surface area contributed by atoms with E-state index >= 15 is 0 Å². The first kappa shape index (κ1) is 22.8. The number of aromatic nitrogens is 1. The van der Waals surface area contributed by atoms with Gasteiger partial charge in [-0.15, -0.1) is 11.8 Å². The topological polar surface area (TPSA) is 70.6 Å². The Labute approximate surface area is 197 Å². The summed E-state index contributed by atoms with van der Waals surface area (Å²) in [6.07, 6.45) is 1.34. The zero-order valence-corrected chi connectivity index (χ0v) is 20.2. The number of benzene rings is 2. The maximum atomic E-state index is 13.4. The summed E-state index contributed by atoms with van der Waals surface area (Å²) < 4.78 is 25.6. The van der Waals surface area contributed by atoms with E-state index in [9.17, 15) is 13.2 Å². The number of hydrogen-bond donors (Lipinski definition) is 0. The normalized spacial score (nSPS) is 16.1. The minimum atomic E-state index is -3.53. The molecule has 0 spiro atoms. The molecule has 1 amide bonds. The SMILES string of the molecule is CN(C)S(=O)(=O)c1ccc(SCC(=O)N2c3ccccc3SC[C@@H]2c2ccccc2)nc1. The number of hydrogen-bond acceptors (Lipinski definition) is 6. The average Bonchev–Trinajstić information content (AvgIpc) is 2.82. The fourth-order valence-electron chi connectivity index (χ4n) is 3.44. The molecule has 0 fully saturated rings. The molecular formula is C23H23N3O3S3. The monoisotopic (exact) mass is 485 g/mol. The summed E-state index contributed by atoms with van der Waals surface area (Å²) in [5, 5.41) is 0.604. The summed E-state index contributed by atoms with van der Waals surface area (Å²) in [4.78, 5) is 20.8. The molecule has 1 aliphatic rings. The Morgan fingerprint density at radius 3 is 2.50 bits per heavy atom. The molecular weight excluding hydrogens is 462 g/mol. The van der Waals surface area contributed by atoms with Crippen molar-refractivity contribution < 1.29 is 13.2 Å². The molecule has 0 saturated carbocycles. The summed E-state index contributed by atoms with van der Waals surface area (Å²) in [6.45, 7) is 0. The Morgan fingerprint density at radius 2 is 1.81 bits per heavy atom. The zero-order valence-electron chi connectivity index (χ0n) is 17.7. The molecule has 166 valence electrons. The van der Waals surface area contributed by atoms with E-state index in [0.29, 0.717) is 5.03 Å². The highest BCUT2D eigenvalue weighted by molar-refractivity contribution is 8.00. The number of carbonyl (C=O) groups excluding carboxylic acids is 1. The third-order valence-corrected chi connectivity index (χ3v) is 8.98. The van der Waals surface area contributed by atoms with Crippen LogP contribution >= 0.6 is 23.5 Å². The molecule has 0 saturated heterocycles. The minimum Gasteiger partial charge on any atom is -0.302 e. The zero-order chi connectivity index (χ0) is 22.7. The van der Waals surface area contributed by atoms with Gasteiger partial charge < -0.3 is 4.90 Å². The molecule has 0 N–H and O–H groups in total. The number of thioether (sulfide) groups is 2. The van der Waals surface area contributed by atoms with Crippen LogP contribution in [0.5, 0.6) is 0 Å². The van der Waals surface area contributed by atoms with Crippen LogP contribution < -0.4 is 4.90 Å². The maximum Gasteiger partial charge on any atom is 0.244 e. The van der Waals surface area contributed by atoms with Crippen LogP contribution in [-0.4, -0.2) is 49.2 Å². The van der Waals surface area contributed by atoms with E-state index in [-0.39, 0.29) is 22.6 Å². The second kappa shape index (κ2) is 9.66. The number of fused-ring (bicyclic) bond motifs is 1. The lowest BCUT2D eigenvalue weighted by Gasteiger charge is -2.37. The van der Waals surface area contributed by atoms with Crippen LogP contribution in [0.15, 0.2) is 87.7 Å². The van der Waals surface area contributed by atoms with Gasteiger partial charge in [-0.05, 0) is 29.8 Å². The van der Waals surface area contributed by atoms with Crippen LogP contribution in [-0.2, 0) is 14.8 Å². The van der Waals surface area contributed by atoms with Crippen molar-refractivity contribution in [2.45, 2.75) is 20.9 Å². The predicted molar refractivity (Wildman–Crippen MR) is 130 cm³/mol. The van der Waals surface area contributed by atoms with Crippen molar-refractivity contribution in [3.63, 3.8) is 0 Å². The molecule has 1 aliphatic heterocycles. The van der Waals surface area contributed by atoms with Crippen molar-refractivity contribution in [2.24, 2.45) is 0 Å². The molecule has 2 aromatic carbocycles. The predicted octanol–water partition coefficient (Wildman–Crippen LogP) is 4.30. The smallest absolute Gasteiger partial charge is 0.244 e. The van der Waals surface area contributed by atoms with E-state index in [0.717, 1.165) is 26.2 Å². The standard InChI is InChI=1S/C23H23N3O3S3/c1-25(2)32(28,29)18-12-13-22(24-14-18)31-16-23(27)26-19-10-6-7-11-21(19)30-15-20(26)17-8-4-3-5-9-17/h3-14,20H,15-16H2,1-2H3/t20-/m1/s1. The molecule has 6 nitrogen and oxygen atoms in total. The Kier molecular flexibility index (Phi) is 6.90. The van der Waals surface area contributed by atoms with Gasteiger partial charge in [0.25, 0.3) is 0 Å². The first-order valence-electron chi connectivity index (χ1n) is 9.98. The van der Waals surface area contributed by atoms with Crippen LogP contribution in [0.25, 0.3) is 0 Å². The number of rotatable bonds is 6. The number of para-hydroxylation sites is 1. The maximum absolute atomic E-state index is 13.4. The van der Waals surface area contributed by atoms with Crippen molar-refractivity contribution in [2.75, 3.05) is 30.5 Å². The molecule has 0 bridgehead atoms. The number of nitrogens with zero attached hydrogens (tertiary/aromatic N) is 3. The highest BCUT2D eigenvalue weighted by Gasteiger charge is 2.32. The Hall–Kier alpha value is -2.33. The number of amides is 1. The van der Waals surface area contributed by atoms with Crippen molar-refractivity contribution in [3.8, 4) is 0 Å². The first-order valence-corrected chi connectivity index (χ1v) is 13.4. The van der Waals surface area contributed by atoms with Crippen molar-refractivity contribution in [1.29, 1.82) is 0 Å². The Bertz CT molecular complexity index is 1200. The fourth-order valence-corrected chi connectivity index (χ4v) is 6.16. The van der Waals surface area contributed by atoms with Gasteiger partial charge in [0.05, 0.1) is 22.5 Å². The molecule has 1 aromatic heterocycles. The molecule has 0 unspecified atom stereocenters. The second-order valence-corrected chi connectivity index (χ2v) is 11.6. The fraction of sp³-hybridized carbons (Fsp3) is 0.217. The summed E-state index contributed by atoms with van der Waals surface area (Å²) in [7, 11) is -0.568. The molecule has 1 atom stereocenters. The van der Waals surface area contributed by atoms with Crippen LogP contribution in [0.4, 0.5) is 5.69 Å². The molecule has 4 rings (SSSR count). The van der Waals surface area contributed by atoms with Gasteiger partial charge in [-0.25, -0.2) is 17.7 Å². The number of pyridine rings is 1. The second-order valence-electron chi connectivity index (χ2n) is 7.38.